The van der Waals surface area contributed by atoms with E-state index in [0.717, 1.165) is 71.0 Å². The van der Waals surface area contributed by atoms with E-state index >= 15 is 0 Å². The number of nitrogens with one attached hydrogen (secondary N) is 2. The molecule has 2 N–H and O–H groups in total. The van der Waals surface area contributed by atoms with Gasteiger partial charge >= 0.3 is 0 Å². The van der Waals surface area contributed by atoms with E-state index in [-0.39, 0.29) is 5.91 Å². The van der Waals surface area contributed by atoms with Gasteiger partial charge in [-0.05, 0) is 107 Å². The van der Waals surface area contributed by atoms with Crippen LogP contribution in [0.15, 0.2) is 61.1 Å². The molecule has 1 unspecified atom stereocenters. The molecule has 220 valence electrons. The average Bonchev–Trinajstić information content (AvgIpc) is 3.83. The molecule has 6 rings (SSSR count). The summed E-state index contributed by atoms with van der Waals surface area (Å²) in [7, 11) is 0. The van der Waals surface area contributed by atoms with Gasteiger partial charge < -0.3 is 20.4 Å². The van der Waals surface area contributed by atoms with Crippen LogP contribution in [0.25, 0.3) is 10.9 Å². The first-order valence-corrected chi connectivity index (χ1v) is 15.3. The second-order valence-electron chi connectivity index (χ2n) is 11.0. The zero-order chi connectivity index (χ0) is 29.6. The Labute approximate surface area is 253 Å². The van der Waals surface area contributed by atoms with Crippen molar-refractivity contribution in [3.63, 3.8) is 0 Å². The summed E-state index contributed by atoms with van der Waals surface area (Å²) in [4.78, 5) is 30.3. The van der Waals surface area contributed by atoms with E-state index in [0.29, 0.717) is 23.5 Å². The maximum atomic E-state index is 12.4. The maximum absolute atomic E-state index is 12.4. The number of anilines is 4. The standard InChI is InChI=1S/C18H26ClN3.C15H14N4O/c1-4-22(5-2)12-6-7-14(3)21-17-10-11-20-18-13-15(19)8-9-16(17)18;1-9-6-8-17-14-12(9)18-15(20)11-3-2-7-16-13(11)19(14)10-4-5-10/h8-11,13-14H,4-7,12H2,1-3H3,(H,20,21);2-3,6-8,10H,4-5H2,1H3,(H,18,20). The molecule has 1 aromatic carbocycles. The van der Waals surface area contributed by atoms with Crippen molar-refractivity contribution in [2.75, 3.05) is 35.2 Å². The second kappa shape index (κ2) is 13.5. The smallest absolute Gasteiger partial charge is 0.259 e. The lowest BCUT2D eigenvalue weighted by atomic mass is 10.1. The Morgan fingerprint density at radius 3 is 2.57 bits per heavy atom. The Morgan fingerprint density at radius 1 is 1.05 bits per heavy atom. The number of hydrogen-bond acceptors (Lipinski definition) is 7. The second-order valence-corrected chi connectivity index (χ2v) is 11.4. The van der Waals surface area contributed by atoms with E-state index < -0.39 is 0 Å². The van der Waals surface area contributed by atoms with Crippen molar-refractivity contribution in [2.24, 2.45) is 0 Å². The summed E-state index contributed by atoms with van der Waals surface area (Å²) in [5.74, 6) is 1.40. The number of pyridine rings is 3. The topological polar surface area (TPSA) is 86.3 Å². The van der Waals surface area contributed by atoms with Crippen molar-refractivity contribution in [3.05, 3.63) is 77.2 Å². The Morgan fingerprint density at radius 2 is 1.81 bits per heavy atom. The number of benzene rings is 1. The number of hydrogen-bond donors (Lipinski definition) is 2. The van der Waals surface area contributed by atoms with E-state index in [1.54, 1.807) is 18.5 Å². The summed E-state index contributed by atoms with van der Waals surface area (Å²) in [5.41, 5.74) is 4.49. The van der Waals surface area contributed by atoms with Crippen molar-refractivity contribution in [1.82, 2.24) is 19.9 Å². The average molecular weight is 586 g/mol. The summed E-state index contributed by atoms with van der Waals surface area (Å²) in [6.45, 7) is 12.1. The maximum Gasteiger partial charge on any atom is 0.259 e. The molecule has 1 aliphatic heterocycles. The van der Waals surface area contributed by atoms with Crippen LogP contribution in [0.5, 0.6) is 0 Å². The minimum Gasteiger partial charge on any atom is -0.382 e. The highest BCUT2D eigenvalue weighted by molar-refractivity contribution is 6.31. The quantitative estimate of drug-likeness (QED) is 0.211. The predicted molar refractivity (Wildman–Crippen MR) is 173 cm³/mol. The van der Waals surface area contributed by atoms with Gasteiger partial charge in [0.15, 0.2) is 5.82 Å². The molecule has 0 spiro atoms. The highest BCUT2D eigenvalue weighted by atomic mass is 35.5. The molecule has 1 aliphatic carbocycles. The number of carbonyl (C=O) groups is 1. The van der Waals surface area contributed by atoms with Crippen molar-refractivity contribution < 1.29 is 4.79 Å². The first-order chi connectivity index (χ1) is 20.4. The monoisotopic (exact) mass is 585 g/mol. The minimum atomic E-state index is -0.117. The molecule has 1 amide bonds. The number of aromatic nitrogens is 3. The third-order valence-electron chi connectivity index (χ3n) is 7.89. The molecule has 3 aromatic heterocycles. The van der Waals surface area contributed by atoms with Crippen LogP contribution in [0.2, 0.25) is 5.02 Å². The van der Waals surface area contributed by atoms with Crippen molar-refractivity contribution in [3.8, 4) is 0 Å². The highest BCUT2D eigenvalue weighted by Crippen LogP contribution is 2.43. The highest BCUT2D eigenvalue weighted by Gasteiger charge is 2.37. The van der Waals surface area contributed by atoms with Gasteiger partial charge in [0, 0.05) is 46.8 Å². The fourth-order valence-electron chi connectivity index (χ4n) is 5.35. The SMILES string of the molecule is CCN(CC)CCCC(C)Nc1ccnc2cc(Cl)ccc12.Cc1ccnc2c1NC(=O)c1cccnc1N2C1CC1. The number of fused-ring (bicyclic) bond motifs is 3. The van der Waals surface area contributed by atoms with Gasteiger partial charge in [0.2, 0.25) is 0 Å². The summed E-state index contributed by atoms with van der Waals surface area (Å²) >= 11 is 6.04. The fraction of sp³-hybridized carbons (Fsp3) is 0.394. The van der Waals surface area contributed by atoms with Gasteiger partial charge in [-0.1, -0.05) is 25.4 Å². The molecule has 0 radical (unpaired) electrons. The van der Waals surface area contributed by atoms with Crippen LogP contribution >= 0.6 is 11.6 Å². The molecular formula is C33H40ClN7O. The Hall–Kier alpha value is -3.75. The van der Waals surface area contributed by atoms with Crippen LogP contribution < -0.4 is 15.5 Å². The zero-order valence-corrected chi connectivity index (χ0v) is 25.7. The molecule has 9 heteroatoms. The largest absolute Gasteiger partial charge is 0.382 e. The summed E-state index contributed by atoms with van der Waals surface area (Å²) in [5, 5.41) is 8.44. The van der Waals surface area contributed by atoms with E-state index in [1.807, 2.05) is 49.5 Å². The molecule has 0 bridgehead atoms. The lowest BCUT2D eigenvalue weighted by Crippen LogP contribution is -2.25. The van der Waals surface area contributed by atoms with Gasteiger partial charge in [0.05, 0.1) is 16.8 Å². The molecular weight excluding hydrogens is 546 g/mol. The van der Waals surface area contributed by atoms with Gasteiger partial charge in [-0.3, -0.25) is 9.78 Å². The predicted octanol–water partition coefficient (Wildman–Crippen LogP) is 7.46. The first-order valence-electron chi connectivity index (χ1n) is 14.9. The van der Waals surface area contributed by atoms with Crippen LogP contribution in [-0.2, 0) is 0 Å². The molecule has 8 nitrogen and oxygen atoms in total. The molecule has 1 atom stereocenters. The lowest BCUT2D eigenvalue weighted by molar-refractivity contribution is 0.102. The third kappa shape index (κ3) is 6.82. The molecule has 1 saturated carbocycles. The van der Waals surface area contributed by atoms with E-state index in [4.69, 9.17) is 11.6 Å². The Bertz CT molecular complexity index is 1540. The van der Waals surface area contributed by atoms with Crippen LogP contribution in [-0.4, -0.2) is 57.5 Å². The zero-order valence-electron chi connectivity index (χ0n) is 24.9. The van der Waals surface area contributed by atoms with Gasteiger partial charge in [0.25, 0.3) is 5.91 Å². The molecule has 0 saturated heterocycles. The molecule has 1 fully saturated rings. The van der Waals surface area contributed by atoms with Crippen molar-refractivity contribution >= 4 is 51.4 Å². The lowest BCUT2D eigenvalue weighted by Gasteiger charge is -2.23. The summed E-state index contributed by atoms with van der Waals surface area (Å²) in [6, 6.07) is 14.3. The normalized spacial score (nSPS) is 14.8. The first kappa shape index (κ1) is 29.7. The van der Waals surface area contributed by atoms with Crippen LogP contribution in [0.3, 0.4) is 0 Å². The van der Waals surface area contributed by atoms with Gasteiger partial charge in [-0.25, -0.2) is 9.97 Å². The number of amides is 1. The van der Waals surface area contributed by atoms with E-state index in [1.165, 1.54) is 13.0 Å². The Balaban J connectivity index is 0.000000168. The number of nitrogens with zero attached hydrogens (tertiary/aromatic N) is 5. The summed E-state index contributed by atoms with van der Waals surface area (Å²) in [6.07, 6.45) is 9.94. The van der Waals surface area contributed by atoms with Gasteiger partial charge in [-0.15, -0.1) is 0 Å². The fourth-order valence-corrected chi connectivity index (χ4v) is 5.52. The van der Waals surface area contributed by atoms with Crippen molar-refractivity contribution in [2.45, 2.75) is 65.5 Å². The van der Waals surface area contributed by atoms with Gasteiger partial charge in [-0.2, -0.15) is 0 Å². The van der Waals surface area contributed by atoms with E-state index in [2.05, 4.69) is 56.2 Å². The minimum absolute atomic E-state index is 0.117. The molecule has 2 aliphatic rings. The molecule has 4 heterocycles. The van der Waals surface area contributed by atoms with Crippen LogP contribution in [0.4, 0.5) is 23.0 Å². The summed E-state index contributed by atoms with van der Waals surface area (Å²) < 4.78 is 0. The van der Waals surface area contributed by atoms with Crippen molar-refractivity contribution in [1.29, 1.82) is 0 Å². The molecule has 4 aromatic rings. The number of aryl methyl sites for hydroxylation is 1. The van der Waals surface area contributed by atoms with Crippen LogP contribution in [0.1, 0.15) is 62.4 Å². The van der Waals surface area contributed by atoms with Crippen LogP contribution in [0, 0.1) is 6.92 Å². The van der Waals surface area contributed by atoms with E-state index in [9.17, 15) is 4.79 Å². The Kier molecular flexibility index (Phi) is 9.55. The molecule has 42 heavy (non-hydrogen) atoms. The number of rotatable bonds is 9. The number of halogens is 1. The number of carbonyl (C=O) groups excluding carboxylic acids is 1. The third-order valence-corrected chi connectivity index (χ3v) is 8.13. The van der Waals surface area contributed by atoms with Gasteiger partial charge in [0.1, 0.15) is 5.82 Å².